The predicted molar refractivity (Wildman–Crippen MR) is 152 cm³/mol. The standard InChI is InChI=1S/C29H26ClN3O5S/c1-35-14-15-37-24-10-9-20(17-21(24)30)33-27(26(32-29(33)39)22-8-3-4-13-31-22)25-12-11-23(38-25)18-6-5-7-19(16-18)28(34)36-2/h3-13,16-17,26-27H,14-15H2,1-2H3,(H,32,39)/t26-,27-/m1/s1. The van der Waals surface area contributed by atoms with Crippen molar-refractivity contribution < 1.29 is 23.4 Å². The average molecular weight is 564 g/mol. The van der Waals surface area contributed by atoms with Gasteiger partial charge in [0.1, 0.15) is 29.9 Å². The van der Waals surface area contributed by atoms with E-state index in [0.717, 1.165) is 16.9 Å². The van der Waals surface area contributed by atoms with Gasteiger partial charge >= 0.3 is 5.97 Å². The lowest BCUT2D eigenvalue weighted by Crippen LogP contribution is -2.29. The van der Waals surface area contributed by atoms with E-state index in [1.165, 1.54) is 7.11 Å². The lowest BCUT2D eigenvalue weighted by Gasteiger charge is -2.26. The molecule has 8 nitrogen and oxygen atoms in total. The summed E-state index contributed by atoms with van der Waals surface area (Å²) in [6, 6.07) is 21.5. The summed E-state index contributed by atoms with van der Waals surface area (Å²) in [6.45, 7) is 0.839. The molecule has 0 aliphatic carbocycles. The Labute approximate surface area is 236 Å². The zero-order chi connectivity index (χ0) is 27.4. The first-order valence-corrected chi connectivity index (χ1v) is 13.0. The number of pyridine rings is 1. The molecule has 1 N–H and O–H groups in total. The Kier molecular flexibility index (Phi) is 8.11. The molecule has 1 saturated heterocycles. The highest BCUT2D eigenvalue weighted by molar-refractivity contribution is 7.80. The van der Waals surface area contributed by atoms with Gasteiger partial charge in [0.25, 0.3) is 0 Å². The topological polar surface area (TPSA) is 86.1 Å². The molecule has 2 aromatic carbocycles. The predicted octanol–water partition coefficient (Wildman–Crippen LogP) is 5.98. The van der Waals surface area contributed by atoms with Crippen molar-refractivity contribution in [3.8, 4) is 17.1 Å². The number of carbonyl (C=O) groups excluding carboxylic acids is 1. The maximum atomic E-state index is 12.1. The summed E-state index contributed by atoms with van der Waals surface area (Å²) < 4.78 is 22.0. The van der Waals surface area contributed by atoms with Crippen molar-refractivity contribution in [2.24, 2.45) is 0 Å². The van der Waals surface area contributed by atoms with E-state index >= 15 is 0 Å². The minimum atomic E-state index is -0.415. The first-order valence-electron chi connectivity index (χ1n) is 12.2. The van der Waals surface area contributed by atoms with Crippen LogP contribution in [-0.2, 0) is 9.47 Å². The largest absolute Gasteiger partial charge is 0.490 e. The second-order valence-corrected chi connectivity index (χ2v) is 9.52. The van der Waals surface area contributed by atoms with Gasteiger partial charge in [0, 0.05) is 24.6 Å². The van der Waals surface area contributed by atoms with E-state index in [4.69, 9.17) is 42.4 Å². The minimum Gasteiger partial charge on any atom is -0.490 e. The normalized spacial score (nSPS) is 16.7. The summed E-state index contributed by atoms with van der Waals surface area (Å²) in [4.78, 5) is 18.6. The molecule has 4 aromatic rings. The molecule has 0 saturated carbocycles. The summed E-state index contributed by atoms with van der Waals surface area (Å²) in [5.74, 6) is 1.40. The molecule has 39 heavy (non-hydrogen) atoms. The fourth-order valence-corrected chi connectivity index (χ4v) is 5.07. The quantitative estimate of drug-likeness (QED) is 0.150. The van der Waals surface area contributed by atoms with Crippen LogP contribution >= 0.6 is 23.8 Å². The number of methoxy groups -OCH3 is 2. The number of rotatable bonds is 9. The number of anilines is 1. The van der Waals surface area contributed by atoms with Crippen LogP contribution in [0.5, 0.6) is 5.75 Å². The Hall–Kier alpha value is -3.92. The minimum absolute atomic E-state index is 0.296. The Morgan fingerprint density at radius 3 is 2.69 bits per heavy atom. The van der Waals surface area contributed by atoms with Crippen molar-refractivity contribution in [2.75, 3.05) is 32.3 Å². The van der Waals surface area contributed by atoms with E-state index in [1.807, 2.05) is 59.5 Å². The number of hydrogen-bond acceptors (Lipinski definition) is 7. The van der Waals surface area contributed by atoms with Crippen molar-refractivity contribution in [1.29, 1.82) is 0 Å². The van der Waals surface area contributed by atoms with Gasteiger partial charge in [-0.05, 0) is 66.8 Å². The van der Waals surface area contributed by atoms with Gasteiger partial charge in [-0.3, -0.25) is 4.98 Å². The fraction of sp³-hybridized carbons (Fsp3) is 0.207. The number of halogens is 1. The fourth-order valence-electron chi connectivity index (χ4n) is 4.50. The Balaban J connectivity index is 1.53. The Bertz CT molecular complexity index is 1480. The van der Waals surface area contributed by atoms with Crippen molar-refractivity contribution in [3.63, 3.8) is 0 Å². The van der Waals surface area contributed by atoms with E-state index in [9.17, 15) is 4.79 Å². The van der Waals surface area contributed by atoms with Crippen molar-refractivity contribution in [2.45, 2.75) is 12.1 Å². The molecule has 0 amide bonds. The number of carbonyl (C=O) groups is 1. The van der Waals surface area contributed by atoms with E-state index in [0.29, 0.717) is 46.2 Å². The van der Waals surface area contributed by atoms with E-state index in [1.54, 1.807) is 31.5 Å². The average Bonchev–Trinajstić information content (AvgIpc) is 3.59. The number of nitrogens with zero attached hydrogens (tertiary/aromatic N) is 2. The summed E-state index contributed by atoms with van der Waals surface area (Å²) >= 11 is 12.4. The van der Waals surface area contributed by atoms with Gasteiger partial charge in [0.2, 0.25) is 0 Å². The smallest absolute Gasteiger partial charge is 0.337 e. The zero-order valence-corrected chi connectivity index (χ0v) is 22.9. The molecule has 1 aliphatic heterocycles. The number of nitrogens with one attached hydrogen (secondary N) is 1. The number of hydrogen-bond donors (Lipinski definition) is 1. The molecule has 0 bridgehead atoms. The molecule has 10 heteroatoms. The molecule has 200 valence electrons. The van der Waals surface area contributed by atoms with Crippen LogP contribution in [0.3, 0.4) is 0 Å². The summed E-state index contributed by atoms with van der Waals surface area (Å²) in [5, 5.41) is 4.36. The number of esters is 1. The van der Waals surface area contributed by atoms with Gasteiger partial charge in [-0.2, -0.15) is 0 Å². The summed E-state index contributed by atoms with van der Waals surface area (Å²) in [7, 11) is 2.97. The molecule has 0 radical (unpaired) electrons. The summed E-state index contributed by atoms with van der Waals surface area (Å²) in [6.07, 6.45) is 1.74. The van der Waals surface area contributed by atoms with Gasteiger partial charge < -0.3 is 28.8 Å². The molecular weight excluding hydrogens is 538 g/mol. The third-order valence-corrected chi connectivity index (χ3v) is 6.93. The number of aromatic nitrogens is 1. The van der Waals surface area contributed by atoms with Gasteiger partial charge in [-0.25, -0.2) is 4.79 Å². The second kappa shape index (κ2) is 11.9. The third kappa shape index (κ3) is 5.61. The Morgan fingerprint density at radius 1 is 1.08 bits per heavy atom. The Morgan fingerprint density at radius 2 is 1.95 bits per heavy atom. The van der Waals surface area contributed by atoms with Gasteiger partial charge in [0.15, 0.2) is 5.11 Å². The van der Waals surface area contributed by atoms with Crippen LogP contribution in [0.25, 0.3) is 11.3 Å². The van der Waals surface area contributed by atoms with Crippen LogP contribution in [-0.4, -0.2) is 43.5 Å². The number of benzene rings is 2. The first-order chi connectivity index (χ1) is 19.0. The molecule has 1 aliphatic rings. The van der Waals surface area contributed by atoms with Crippen molar-refractivity contribution in [3.05, 3.63) is 101 Å². The van der Waals surface area contributed by atoms with Crippen LogP contribution in [0, 0.1) is 0 Å². The van der Waals surface area contributed by atoms with Gasteiger partial charge in [-0.15, -0.1) is 0 Å². The SMILES string of the molecule is COCCOc1ccc(N2C(=S)N[C@H](c3ccccn3)[C@H]2c2ccc(-c3cccc(C(=O)OC)c3)o2)cc1Cl. The first kappa shape index (κ1) is 26.7. The van der Waals surface area contributed by atoms with Crippen LogP contribution in [0.2, 0.25) is 5.02 Å². The number of thiocarbonyl (C=S) groups is 1. The van der Waals surface area contributed by atoms with Crippen molar-refractivity contribution >= 4 is 40.6 Å². The second-order valence-electron chi connectivity index (χ2n) is 8.73. The van der Waals surface area contributed by atoms with E-state index < -0.39 is 5.97 Å². The molecule has 2 atom stereocenters. The van der Waals surface area contributed by atoms with Crippen LogP contribution < -0.4 is 15.0 Å². The lowest BCUT2D eigenvalue weighted by atomic mass is 10.0. The molecule has 0 unspecified atom stereocenters. The maximum absolute atomic E-state index is 12.1. The monoisotopic (exact) mass is 563 g/mol. The van der Waals surface area contributed by atoms with Gasteiger partial charge in [-0.1, -0.05) is 29.8 Å². The van der Waals surface area contributed by atoms with Crippen LogP contribution in [0.15, 0.2) is 83.4 Å². The van der Waals surface area contributed by atoms with Gasteiger partial charge in [0.05, 0.1) is 36.0 Å². The highest BCUT2D eigenvalue weighted by Crippen LogP contribution is 2.44. The molecule has 0 spiro atoms. The highest BCUT2D eigenvalue weighted by atomic mass is 35.5. The highest BCUT2D eigenvalue weighted by Gasteiger charge is 2.42. The third-order valence-electron chi connectivity index (χ3n) is 6.32. The zero-order valence-electron chi connectivity index (χ0n) is 21.3. The van der Waals surface area contributed by atoms with Crippen LogP contribution in [0.4, 0.5) is 5.69 Å². The maximum Gasteiger partial charge on any atom is 0.337 e. The molecule has 3 heterocycles. The molecule has 1 fully saturated rings. The van der Waals surface area contributed by atoms with Crippen LogP contribution in [0.1, 0.15) is 33.9 Å². The van der Waals surface area contributed by atoms with E-state index in [-0.39, 0.29) is 12.1 Å². The molecule has 2 aromatic heterocycles. The lowest BCUT2D eigenvalue weighted by molar-refractivity contribution is 0.0601. The number of furan rings is 1. The summed E-state index contributed by atoms with van der Waals surface area (Å²) in [5.41, 5.74) is 2.76. The van der Waals surface area contributed by atoms with E-state index in [2.05, 4.69) is 10.3 Å². The molecule has 5 rings (SSSR count). The van der Waals surface area contributed by atoms with Crippen molar-refractivity contribution in [1.82, 2.24) is 10.3 Å². The molecular formula is C29H26ClN3O5S. The number of ether oxygens (including phenoxy) is 3.